The predicted octanol–water partition coefficient (Wildman–Crippen LogP) is 11.4. The topological polar surface area (TPSA) is 46.8 Å². The lowest BCUT2D eigenvalue weighted by Crippen LogP contribution is -2.16. The van der Waals surface area contributed by atoms with E-state index in [1.807, 2.05) is 67.7 Å². The lowest BCUT2D eigenvalue weighted by Gasteiger charge is -2.23. The van der Waals surface area contributed by atoms with Gasteiger partial charge in [-0.3, -0.25) is 0 Å². The van der Waals surface area contributed by atoms with Crippen molar-refractivity contribution in [3.05, 3.63) is 182 Å². The summed E-state index contributed by atoms with van der Waals surface area (Å²) in [7, 11) is 2.03. The summed E-state index contributed by atoms with van der Waals surface area (Å²) in [4.78, 5) is 17.0. The van der Waals surface area contributed by atoms with Gasteiger partial charge in [0.15, 0.2) is 11.6 Å². The van der Waals surface area contributed by atoms with Crippen LogP contribution in [0, 0.1) is 0 Å². The molecule has 0 aliphatic rings. The van der Waals surface area contributed by atoms with Crippen molar-refractivity contribution in [2.75, 3.05) is 11.9 Å². The molecule has 0 aliphatic heterocycles. The predicted molar refractivity (Wildman–Crippen MR) is 210 cm³/mol. The van der Waals surface area contributed by atoms with Gasteiger partial charge in [0, 0.05) is 40.2 Å². The average Bonchev–Trinajstić information content (AvgIpc) is 3.55. The molecule has 0 N–H and O–H groups in total. The van der Waals surface area contributed by atoms with Crippen LogP contribution in [0.15, 0.2) is 182 Å². The van der Waals surface area contributed by atoms with Crippen molar-refractivity contribution >= 4 is 33.4 Å². The first kappa shape index (κ1) is 30.2. The zero-order chi connectivity index (χ0) is 34.1. The average molecular weight is 656 g/mol. The van der Waals surface area contributed by atoms with Gasteiger partial charge in [-0.1, -0.05) is 140 Å². The number of benzene rings is 7. The Labute approximate surface area is 296 Å². The van der Waals surface area contributed by atoms with Crippen molar-refractivity contribution in [2.45, 2.75) is 0 Å². The molecule has 0 spiro atoms. The Balaban J connectivity index is 1.19. The Morgan fingerprint density at radius 3 is 1.57 bits per heavy atom. The molecule has 2 aromatic heterocycles. The van der Waals surface area contributed by atoms with Crippen molar-refractivity contribution in [1.82, 2.24) is 19.5 Å². The lowest BCUT2D eigenvalue weighted by molar-refractivity contribution is 0.999. The maximum Gasteiger partial charge on any atom is 0.233 e. The standard InChI is InChI=1S/C46H33N5/c1-50(46-48-44(33-18-8-3-9-19-33)47-45(49-46)34-20-10-4-11-21-34)41-28-26-35(30-39(41)32-16-6-2-7-17-32)36-27-29-43-40(31-36)38-24-14-15-25-42(38)51(43)37-22-12-5-13-23-37/h2-31H,1H3. The van der Waals surface area contributed by atoms with Crippen LogP contribution in [-0.4, -0.2) is 26.6 Å². The zero-order valence-corrected chi connectivity index (χ0v) is 28.1. The highest BCUT2D eigenvalue weighted by molar-refractivity contribution is 6.10. The maximum atomic E-state index is 5.01. The number of para-hydroxylation sites is 2. The van der Waals surface area contributed by atoms with Crippen LogP contribution in [0.4, 0.5) is 11.6 Å². The number of anilines is 2. The second kappa shape index (κ2) is 12.9. The van der Waals surface area contributed by atoms with Gasteiger partial charge < -0.3 is 9.47 Å². The molecule has 0 bridgehead atoms. The first-order chi connectivity index (χ1) is 25.2. The molecule has 0 fully saturated rings. The second-order valence-electron chi connectivity index (χ2n) is 12.6. The number of aromatic nitrogens is 4. The summed E-state index contributed by atoms with van der Waals surface area (Å²) in [5.41, 5.74) is 10.9. The number of nitrogens with zero attached hydrogens (tertiary/aromatic N) is 5. The van der Waals surface area contributed by atoms with Gasteiger partial charge in [0.25, 0.3) is 0 Å². The molecule has 51 heavy (non-hydrogen) atoms. The molecular weight excluding hydrogens is 623 g/mol. The molecule has 0 radical (unpaired) electrons. The molecule has 5 nitrogen and oxygen atoms in total. The number of hydrogen-bond acceptors (Lipinski definition) is 4. The van der Waals surface area contributed by atoms with Crippen LogP contribution in [0.5, 0.6) is 0 Å². The van der Waals surface area contributed by atoms with E-state index in [0.29, 0.717) is 17.6 Å². The summed E-state index contributed by atoms with van der Waals surface area (Å²) >= 11 is 0. The Bertz CT molecular complexity index is 2580. The SMILES string of the molecule is CN(c1nc(-c2ccccc2)nc(-c2ccccc2)n1)c1ccc(-c2ccc3c(c2)c2ccccc2n3-c2ccccc2)cc1-c1ccccc1. The normalized spacial score (nSPS) is 11.2. The van der Waals surface area contributed by atoms with E-state index in [1.54, 1.807) is 0 Å². The van der Waals surface area contributed by atoms with E-state index in [4.69, 9.17) is 15.0 Å². The molecule has 9 aromatic rings. The Morgan fingerprint density at radius 1 is 0.412 bits per heavy atom. The quantitative estimate of drug-likeness (QED) is 0.171. The third-order valence-corrected chi connectivity index (χ3v) is 9.45. The molecule has 0 saturated carbocycles. The van der Waals surface area contributed by atoms with E-state index in [9.17, 15) is 0 Å². The number of fused-ring (bicyclic) bond motifs is 3. The third kappa shape index (κ3) is 5.61. The van der Waals surface area contributed by atoms with Gasteiger partial charge in [-0.25, -0.2) is 4.98 Å². The van der Waals surface area contributed by atoms with E-state index in [-0.39, 0.29) is 0 Å². The summed E-state index contributed by atoms with van der Waals surface area (Å²) in [5, 5.41) is 2.46. The Morgan fingerprint density at radius 2 is 0.922 bits per heavy atom. The summed E-state index contributed by atoms with van der Waals surface area (Å²) < 4.78 is 2.35. The minimum Gasteiger partial charge on any atom is -0.313 e. The van der Waals surface area contributed by atoms with Crippen molar-refractivity contribution in [3.8, 4) is 50.7 Å². The smallest absolute Gasteiger partial charge is 0.233 e. The fraction of sp³-hybridized carbons (Fsp3) is 0.0217. The Kier molecular flexibility index (Phi) is 7.63. The molecule has 0 atom stereocenters. The highest BCUT2D eigenvalue weighted by Crippen LogP contribution is 2.40. The first-order valence-corrected chi connectivity index (χ1v) is 17.1. The molecule has 5 heteroatoms. The van der Waals surface area contributed by atoms with E-state index in [2.05, 4.69) is 131 Å². The molecule has 0 aliphatic carbocycles. The minimum atomic E-state index is 0.572. The summed E-state index contributed by atoms with van der Waals surface area (Å²) in [6, 6.07) is 63.4. The van der Waals surface area contributed by atoms with Gasteiger partial charge >= 0.3 is 0 Å². The molecule has 2 heterocycles. The molecule has 0 unspecified atom stereocenters. The van der Waals surface area contributed by atoms with Crippen molar-refractivity contribution in [2.24, 2.45) is 0 Å². The van der Waals surface area contributed by atoms with Gasteiger partial charge in [0.05, 0.1) is 16.7 Å². The van der Waals surface area contributed by atoms with Crippen molar-refractivity contribution < 1.29 is 0 Å². The molecule has 0 amide bonds. The van der Waals surface area contributed by atoms with Gasteiger partial charge in [0.1, 0.15) is 0 Å². The summed E-state index contributed by atoms with van der Waals surface area (Å²) in [6.07, 6.45) is 0. The molecular formula is C46H33N5. The minimum absolute atomic E-state index is 0.572. The van der Waals surface area contributed by atoms with Gasteiger partial charge in [-0.05, 0) is 59.2 Å². The zero-order valence-electron chi connectivity index (χ0n) is 28.1. The molecule has 242 valence electrons. The summed E-state index contributed by atoms with van der Waals surface area (Å²) in [6.45, 7) is 0. The van der Waals surface area contributed by atoms with Gasteiger partial charge in [0.2, 0.25) is 5.95 Å². The van der Waals surface area contributed by atoms with Crippen LogP contribution < -0.4 is 4.90 Å². The Hall–Kier alpha value is -6.85. The highest BCUT2D eigenvalue weighted by Gasteiger charge is 2.19. The van der Waals surface area contributed by atoms with Crippen molar-refractivity contribution in [1.29, 1.82) is 0 Å². The molecule has 0 saturated heterocycles. The van der Waals surface area contributed by atoms with Crippen LogP contribution in [0.25, 0.3) is 72.5 Å². The fourth-order valence-electron chi connectivity index (χ4n) is 6.92. The van der Waals surface area contributed by atoms with Crippen molar-refractivity contribution in [3.63, 3.8) is 0 Å². The van der Waals surface area contributed by atoms with Gasteiger partial charge in [-0.15, -0.1) is 0 Å². The largest absolute Gasteiger partial charge is 0.313 e. The lowest BCUT2D eigenvalue weighted by atomic mass is 9.96. The van der Waals surface area contributed by atoms with Crippen LogP contribution >= 0.6 is 0 Å². The summed E-state index contributed by atoms with van der Waals surface area (Å²) in [5.74, 6) is 1.84. The molecule has 7 aromatic carbocycles. The van der Waals surface area contributed by atoms with Crippen LogP contribution in [-0.2, 0) is 0 Å². The number of rotatable bonds is 7. The molecule has 9 rings (SSSR count). The fourth-order valence-corrected chi connectivity index (χ4v) is 6.92. The highest BCUT2D eigenvalue weighted by atomic mass is 15.3. The van der Waals surface area contributed by atoms with E-state index >= 15 is 0 Å². The van der Waals surface area contributed by atoms with Crippen LogP contribution in [0.2, 0.25) is 0 Å². The maximum absolute atomic E-state index is 5.01. The first-order valence-electron chi connectivity index (χ1n) is 17.1. The third-order valence-electron chi connectivity index (χ3n) is 9.45. The monoisotopic (exact) mass is 655 g/mol. The van der Waals surface area contributed by atoms with E-state index in [1.165, 1.54) is 21.8 Å². The van der Waals surface area contributed by atoms with E-state index in [0.717, 1.165) is 44.8 Å². The van der Waals surface area contributed by atoms with Crippen LogP contribution in [0.3, 0.4) is 0 Å². The number of hydrogen-bond donors (Lipinski definition) is 0. The van der Waals surface area contributed by atoms with E-state index < -0.39 is 0 Å². The van der Waals surface area contributed by atoms with Crippen LogP contribution in [0.1, 0.15) is 0 Å². The second-order valence-corrected chi connectivity index (χ2v) is 12.6. The van der Waals surface area contributed by atoms with Gasteiger partial charge in [-0.2, -0.15) is 9.97 Å².